The number of benzene rings is 3. The molecule has 5 nitrogen and oxygen atoms in total. The Balaban J connectivity index is 1.76. The average Bonchev–Trinajstić information content (AvgIpc) is 2.70. The molecular weight excluding hydrogens is 332 g/mol. The van der Waals surface area contributed by atoms with E-state index in [4.69, 9.17) is 14.2 Å². The van der Waals surface area contributed by atoms with Crippen LogP contribution in [0.2, 0.25) is 0 Å². The summed E-state index contributed by atoms with van der Waals surface area (Å²) in [6.07, 6.45) is 0. The number of Topliss-reactive ketones (excluding diaryl/α,β-unsaturated/α-hetero) is 1. The lowest BCUT2D eigenvalue weighted by atomic mass is 10.0. The van der Waals surface area contributed by atoms with E-state index in [0.717, 1.165) is 10.8 Å². The number of ketones is 1. The molecule has 0 aliphatic carbocycles. The van der Waals surface area contributed by atoms with Gasteiger partial charge in [0.2, 0.25) is 5.78 Å². The zero-order chi connectivity index (χ0) is 18.5. The number of methoxy groups -OCH3 is 2. The highest BCUT2D eigenvalue weighted by atomic mass is 16.5. The molecular formula is C21H18O5. The summed E-state index contributed by atoms with van der Waals surface area (Å²) in [5.74, 6) is -0.00194. The molecule has 0 saturated heterocycles. The normalized spacial score (nSPS) is 10.4. The van der Waals surface area contributed by atoms with Crippen molar-refractivity contribution in [1.29, 1.82) is 0 Å². The Morgan fingerprint density at radius 3 is 2.38 bits per heavy atom. The van der Waals surface area contributed by atoms with E-state index in [9.17, 15) is 9.59 Å². The van der Waals surface area contributed by atoms with Crippen LogP contribution in [-0.2, 0) is 4.74 Å². The smallest absolute Gasteiger partial charge is 0.342 e. The van der Waals surface area contributed by atoms with Crippen molar-refractivity contribution in [3.05, 3.63) is 71.8 Å². The van der Waals surface area contributed by atoms with Crippen LogP contribution >= 0.6 is 0 Å². The Labute approximate surface area is 151 Å². The van der Waals surface area contributed by atoms with Crippen molar-refractivity contribution >= 4 is 22.5 Å². The second kappa shape index (κ2) is 7.70. The average molecular weight is 350 g/mol. The molecule has 132 valence electrons. The van der Waals surface area contributed by atoms with Crippen molar-refractivity contribution in [2.45, 2.75) is 0 Å². The van der Waals surface area contributed by atoms with E-state index in [1.807, 2.05) is 36.4 Å². The van der Waals surface area contributed by atoms with Crippen molar-refractivity contribution in [3.63, 3.8) is 0 Å². The van der Waals surface area contributed by atoms with Crippen LogP contribution < -0.4 is 9.47 Å². The maximum atomic E-state index is 12.5. The summed E-state index contributed by atoms with van der Waals surface area (Å²) < 4.78 is 15.5. The van der Waals surface area contributed by atoms with E-state index in [-0.39, 0.29) is 18.0 Å². The number of fused-ring (bicyclic) bond motifs is 1. The van der Waals surface area contributed by atoms with Crippen molar-refractivity contribution in [3.8, 4) is 11.5 Å². The molecule has 0 radical (unpaired) electrons. The van der Waals surface area contributed by atoms with Gasteiger partial charge in [0.05, 0.1) is 14.2 Å². The van der Waals surface area contributed by atoms with Crippen molar-refractivity contribution in [2.75, 3.05) is 20.8 Å². The Bertz CT molecular complexity index is 956. The molecule has 0 bridgehead atoms. The molecule has 26 heavy (non-hydrogen) atoms. The van der Waals surface area contributed by atoms with Gasteiger partial charge < -0.3 is 14.2 Å². The first-order valence-electron chi connectivity index (χ1n) is 8.04. The minimum Gasteiger partial charge on any atom is -0.497 e. The maximum Gasteiger partial charge on any atom is 0.342 e. The number of carbonyl (C=O) groups is 2. The minimum atomic E-state index is -0.627. The SMILES string of the molecule is COc1ccc(C(=O)OCC(=O)c2cccc3ccccc23)c(OC)c1. The quantitative estimate of drug-likeness (QED) is 0.498. The highest BCUT2D eigenvalue weighted by Crippen LogP contribution is 2.25. The van der Waals surface area contributed by atoms with Gasteiger partial charge in [-0.2, -0.15) is 0 Å². The number of hydrogen-bond donors (Lipinski definition) is 0. The molecule has 0 amide bonds. The number of carbonyl (C=O) groups excluding carboxylic acids is 2. The molecule has 0 saturated carbocycles. The van der Waals surface area contributed by atoms with E-state index in [1.54, 1.807) is 24.3 Å². The molecule has 0 N–H and O–H groups in total. The van der Waals surface area contributed by atoms with Gasteiger partial charge in [0.15, 0.2) is 6.61 Å². The molecule has 0 unspecified atom stereocenters. The maximum absolute atomic E-state index is 12.5. The van der Waals surface area contributed by atoms with Crippen molar-refractivity contribution in [2.24, 2.45) is 0 Å². The third-order valence-corrected chi connectivity index (χ3v) is 4.05. The van der Waals surface area contributed by atoms with Gasteiger partial charge in [0.25, 0.3) is 0 Å². The third-order valence-electron chi connectivity index (χ3n) is 4.05. The number of hydrogen-bond acceptors (Lipinski definition) is 5. The van der Waals surface area contributed by atoms with E-state index >= 15 is 0 Å². The van der Waals surface area contributed by atoms with Gasteiger partial charge in [-0.15, -0.1) is 0 Å². The van der Waals surface area contributed by atoms with Crippen LogP contribution in [0.5, 0.6) is 11.5 Å². The predicted octanol–water partition coefficient (Wildman–Crippen LogP) is 3.90. The van der Waals surface area contributed by atoms with Gasteiger partial charge in [0.1, 0.15) is 17.1 Å². The summed E-state index contributed by atoms with van der Waals surface area (Å²) in [6.45, 7) is -0.345. The summed E-state index contributed by atoms with van der Waals surface area (Å²) in [5, 5.41) is 1.79. The van der Waals surface area contributed by atoms with Crippen LogP contribution in [0.25, 0.3) is 10.8 Å². The van der Waals surface area contributed by atoms with Gasteiger partial charge in [0, 0.05) is 11.6 Å². The Kier molecular flexibility index (Phi) is 5.17. The van der Waals surface area contributed by atoms with Crippen LogP contribution in [0.3, 0.4) is 0 Å². The molecule has 0 aromatic heterocycles. The third kappa shape index (κ3) is 3.52. The fourth-order valence-electron chi connectivity index (χ4n) is 2.72. The molecule has 3 aromatic rings. The summed E-state index contributed by atoms with van der Waals surface area (Å²) in [6, 6.07) is 17.8. The van der Waals surface area contributed by atoms with Crippen molar-refractivity contribution < 1.29 is 23.8 Å². The monoisotopic (exact) mass is 350 g/mol. The molecule has 0 spiro atoms. The first-order chi connectivity index (χ1) is 12.6. The highest BCUT2D eigenvalue weighted by Gasteiger charge is 2.17. The molecule has 0 heterocycles. The molecule has 0 atom stereocenters. The van der Waals surface area contributed by atoms with E-state index in [1.165, 1.54) is 14.2 Å². The van der Waals surface area contributed by atoms with Crippen LogP contribution in [0.4, 0.5) is 0 Å². The fraction of sp³-hybridized carbons (Fsp3) is 0.143. The van der Waals surface area contributed by atoms with Gasteiger partial charge in [-0.25, -0.2) is 4.79 Å². The minimum absolute atomic E-state index is 0.235. The first kappa shape index (κ1) is 17.5. The largest absolute Gasteiger partial charge is 0.497 e. The Morgan fingerprint density at radius 2 is 1.62 bits per heavy atom. The molecule has 0 aliphatic heterocycles. The van der Waals surface area contributed by atoms with E-state index < -0.39 is 5.97 Å². The molecule has 3 aromatic carbocycles. The summed E-state index contributed by atoms with van der Waals surface area (Å²) in [5.41, 5.74) is 0.761. The second-order valence-electron chi connectivity index (χ2n) is 5.59. The van der Waals surface area contributed by atoms with E-state index in [0.29, 0.717) is 17.1 Å². The second-order valence-corrected chi connectivity index (χ2v) is 5.59. The predicted molar refractivity (Wildman–Crippen MR) is 98.1 cm³/mol. The van der Waals surface area contributed by atoms with Crippen LogP contribution in [0.1, 0.15) is 20.7 Å². The summed E-state index contributed by atoms with van der Waals surface area (Å²) in [7, 11) is 2.97. The van der Waals surface area contributed by atoms with Crippen molar-refractivity contribution in [1.82, 2.24) is 0 Å². The molecule has 5 heteroatoms. The lowest BCUT2D eigenvalue weighted by Crippen LogP contribution is -2.15. The molecule has 3 rings (SSSR count). The number of esters is 1. The summed E-state index contributed by atoms with van der Waals surface area (Å²) in [4.78, 5) is 24.8. The standard InChI is InChI=1S/C21H18O5/c1-24-15-10-11-18(20(12-15)25-2)21(23)26-13-19(22)17-9-5-7-14-6-3-4-8-16(14)17/h3-12H,13H2,1-2H3. The van der Waals surface area contributed by atoms with Gasteiger partial charge in [-0.05, 0) is 22.9 Å². The lowest BCUT2D eigenvalue weighted by molar-refractivity contribution is 0.0472. The van der Waals surface area contributed by atoms with E-state index in [2.05, 4.69) is 0 Å². The number of ether oxygens (including phenoxy) is 3. The molecule has 0 fully saturated rings. The number of rotatable bonds is 6. The van der Waals surface area contributed by atoms with Crippen LogP contribution in [0.15, 0.2) is 60.7 Å². The molecule has 0 aliphatic rings. The lowest BCUT2D eigenvalue weighted by Gasteiger charge is -2.10. The van der Waals surface area contributed by atoms with Gasteiger partial charge >= 0.3 is 5.97 Å². The highest BCUT2D eigenvalue weighted by molar-refractivity contribution is 6.09. The fourth-order valence-corrected chi connectivity index (χ4v) is 2.72. The van der Waals surface area contributed by atoms with Gasteiger partial charge in [-0.3, -0.25) is 4.79 Å². The van der Waals surface area contributed by atoms with Crippen LogP contribution in [-0.4, -0.2) is 32.6 Å². The topological polar surface area (TPSA) is 61.8 Å². The Morgan fingerprint density at radius 1 is 0.846 bits per heavy atom. The zero-order valence-corrected chi connectivity index (χ0v) is 14.5. The Hall–Kier alpha value is -3.34. The zero-order valence-electron chi connectivity index (χ0n) is 14.5. The summed E-state index contributed by atoms with van der Waals surface area (Å²) >= 11 is 0. The van der Waals surface area contributed by atoms with Crippen LogP contribution in [0, 0.1) is 0 Å². The van der Waals surface area contributed by atoms with Gasteiger partial charge in [-0.1, -0.05) is 42.5 Å². The first-order valence-corrected chi connectivity index (χ1v) is 8.04.